The molecule has 1 aromatic carbocycles. The Hall–Kier alpha value is -2.37. The first-order chi connectivity index (χ1) is 13.1. The Balaban J connectivity index is 1.65. The zero-order chi connectivity index (χ0) is 19.2. The number of hydrogen-bond acceptors (Lipinski definition) is 3. The summed E-state index contributed by atoms with van der Waals surface area (Å²) in [5.41, 5.74) is 1.37. The maximum atomic E-state index is 13.0. The van der Waals surface area contributed by atoms with E-state index < -0.39 is 0 Å². The van der Waals surface area contributed by atoms with Crippen LogP contribution in [0.15, 0.2) is 24.3 Å². The third kappa shape index (κ3) is 4.67. The number of rotatable bonds is 6. The Kier molecular flexibility index (Phi) is 6.48. The highest BCUT2D eigenvalue weighted by molar-refractivity contribution is 5.99. The van der Waals surface area contributed by atoms with Gasteiger partial charge >= 0.3 is 0 Å². The third-order valence-corrected chi connectivity index (χ3v) is 5.39. The molecule has 27 heavy (non-hydrogen) atoms. The van der Waals surface area contributed by atoms with Gasteiger partial charge in [0.1, 0.15) is 0 Å². The molecule has 1 N–H and O–H groups in total. The van der Waals surface area contributed by atoms with Gasteiger partial charge in [-0.2, -0.15) is 0 Å². The number of unbranched alkanes of at least 4 members (excludes halogenated alkanes) is 1. The predicted octanol–water partition coefficient (Wildman–Crippen LogP) is 2.58. The lowest BCUT2D eigenvalue weighted by atomic mass is 9.96. The van der Waals surface area contributed by atoms with E-state index in [9.17, 15) is 14.4 Å². The fraction of sp³-hybridized carbons (Fsp3) is 0.571. The molecule has 2 aliphatic rings. The monoisotopic (exact) mass is 371 g/mol. The highest BCUT2D eigenvalue weighted by atomic mass is 16.2. The topological polar surface area (TPSA) is 69.7 Å². The van der Waals surface area contributed by atoms with Crippen LogP contribution in [0.5, 0.6) is 0 Å². The molecule has 0 aliphatic carbocycles. The summed E-state index contributed by atoms with van der Waals surface area (Å²) in [6.07, 6.45) is 5.11. The van der Waals surface area contributed by atoms with Crippen LogP contribution in [-0.4, -0.2) is 48.8 Å². The zero-order valence-corrected chi connectivity index (χ0v) is 16.1. The average Bonchev–Trinajstić information content (AvgIpc) is 3.13. The Morgan fingerprint density at radius 1 is 1.22 bits per heavy atom. The second-order valence-corrected chi connectivity index (χ2v) is 7.43. The van der Waals surface area contributed by atoms with Gasteiger partial charge in [0.15, 0.2) is 0 Å². The van der Waals surface area contributed by atoms with Crippen molar-refractivity contribution < 1.29 is 14.4 Å². The van der Waals surface area contributed by atoms with E-state index in [1.807, 2.05) is 12.1 Å². The SMILES string of the molecule is CCCCNC(=O)C1CCCN(C(=O)c2cccc(N3CCCC3=O)c2)C1. The highest BCUT2D eigenvalue weighted by Gasteiger charge is 2.29. The molecule has 3 amide bonds. The summed E-state index contributed by atoms with van der Waals surface area (Å²) < 4.78 is 0. The van der Waals surface area contributed by atoms with E-state index in [4.69, 9.17) is 0 Å². The van der Waals surface area contributed by atoms with Crippen molar-refractivity contribution in [2.75, 3.05) is 31.1 Å². The Labute approximate surface area is 160 Å². The predicted molar refractivity (Wildman–Crippen MR) is 105 cm³/mol. The van der Waals surface area contributed by atoms with E-state index in [0.717, 1.165) is 37.8 Å². The van der Waals surface area contributed by atoms with E-state index in [0.29, 0.717) is 38.2 Å². The summed E-state index contributed by atoms with van der Waals surface area (Å²) in [5, 5.41) is 2.98. The van der Waals surface area contributed by atoms with Crippen LogP contribution in [-0.2, 0) is 9.59 Å². The first kappa shape index (κ1) is 19.4. The number of benzene rings is 1. The van der Waals surface area contributed by atoms with Crippen molar-refractivity contribution in [1.29, 1.82) is 0 Å². The van der Waals surface area contributed by atoms with Crippen LogP contribution < -0.4 is 10.2 Å². The van der Waals surface area contributed by atoms with Gasteiger partial charge in [-0.3, -0.25) is 14.4 Å². The van der Waals surface area contributed by atoms with Gasteiger partial charge in [-0.25, -0.2) is 0 Å². The molecule has 2 fully saturated rings. The minimum Gasteiger partial charge on any atom is -0.356 e. The maximum Gasteiger partial charge on any atom is 0.253 e. The van der Waals surface area contributed by atoms with Crippen LogP contribution >= 0.6 is 0 Å². The first-order valence-corrected chi connectivity index (χ1v) is 10.1. The minimum absolute atomic E-state index is 0.0531. The number of carbonyl (C=O) groups excluding carboxylic acids is 3. The van der Waals surface area contributed by atoms with Crippen molar-refractivity contribution in [3.8, 4) is 0 Å². The van der Waals surface area contributed by atoms with Gasteiger partial charge in [0.25, 0.3) is 5.91 Å². The number of anilines is 1. The molecular weight excluding hydrogens is 342 g/mol. The smallest absolute Gasteiger partial charge is 0.253 e. The highest BCUT2D eigenvalue weighted by Crippen LogP contribution is 2.24. The van der Waals surface area contributed by atoms with E-state index in [2.05, 4.69) is 12.2 Å². The Morgan fingerprint density at radius 3 is 2.81 bits per heavy atom. The fourth-order valence-electron chi connectivity index (χ4n) is 3.82. The molecule has 146 valence electrons. The first-order valence-electron chi connectivity index (χ1n) is 10.1. The second kappa shape index (κ2) is 9.02. The fourth-order valence-corrected chi connectivity index (χ4v) is 3.82. The molecule has 0 aromatic heterocycles. The average molecular weight is 371 g/mol. The van der Waals surface area contributed by atoms with Gasteiger partial charge in [-0.15, -0.1) is 0 Å². The molecule has 2 aliphatic heterocycles. The number of carbonyl (C=O) groups is 3. The number of amides is 3. The van der Waals surface area contributed by atoms with Crippen molar-refractivity contribution in [3.63, 3.8) is 0 Å². The molecule has 0 bridgehead atoms. The molecule has 0 saturated carbocycles. The molecule has 0 spiro atoms. The normalized spacial score (nSPS) is 20.0. The molecule has 1 atom stereocenters. The third-order valence-electron chi connectivity index (χ3n) is 5.39. The van der Waals surface area contributed by atoms with Gasteiger partial charge < -0.3 is 15.1 Å². The summed E-state index contributed by atoms with van der Waals surface area (Å²) in [4.78, 5) is 40.8. The standard InChI is InChI=1S/C21H29N3O3/c1-2-3-11-22-20(26)17-8-5-12-23(15-17)21(27)16-7-4-9-18(14-16)24-13-6-10-19(24)25/h4,7,9,14,17H,2-3,5-6,8,10-13,15H2,1H3,(H,22,26). The van der Waals surface area contributed by atoms with Crippen molar-refractivity contribution in [2.45, 2.75) is 45.4 Å². The minimum atomic E-state index is -0.136. The zero-order valence-electron chi connectivity index (χ0n) is 16.1. The van der Waals surface area contributed by atoms with Gasteiger partial charge in [0.2, 0.25) is 11.8 Å². The van der Waals surface area contributed by atoms with Crippen LogP contribution in [0.4, 0.5) is 5.69 Å². The lowest BCUT2D eigenvalue weighted by Gasteiger charge is -2.32. The molecule has 1 aromatic rings. The Bertz CT molecular complexity index is 704. The number of likely N-dealkylation sites (tertiary alicyclic amines) is 1. The molecule has 6 nitrogen and oxygen atoms in total. The van der Waals surface area contributed by atoms with Crippen LogP contribution in [0.25, 0.3) is 0 Å². The molecular formula is C21H29N3O3. The number of nitrogens with zero attached hydrogens (tertiary/aromatic N) is 2. The van der Waals surface area contributed by atoms with Gasteiger partial charge in [0.05, 0.1) is 5.92 Å². The number of hydrogen-bond donors (Lipinski definition) is 1. The summed E-state index contributed by atoms with van der Waals surface area (Å²) in [6, 6.07) is 7.29. The summed E-state index contributed by atoms with van der Waals surface area (Å²) in [6.45, 7) is 4.64. The quantitative estimate of drug-likeness (QED) is 0.782. The van der Waals surface area contributed by atoms with E-state index >= 15 is 0 Å². The molecule has 3 rings (SSSR count). The lowest BCUT2D eigenvalue weighted by Crippen LogP contribution is -2.45. The van der Waals surface area contributed by atoms with Crippen LogP contribution in [0, 0.1) is 5.92 Å². The molecule has 1 unspecified atom stereocenters. The summed E-state index contributed by atoms with van der Waals surface area (Å²) in [5.74, 6) is -0.0313. The van der Waals surface area contributed by atoms with E-state index in [1.54, 1.807) is 21.9 Å². The van der Waals surface area contributed by atoms with E-state index in [1.165, 1.54) is 0 Å². The van der Waals surface area contributed by atoms with Crippen molar-refractivity contribution in [1.82, 2.24) is 10.2 Å². The molecule has 2 saturated heterocycles. The van der Waals surface area contributed by atoms with Gasteiger partial charge in [0, 0.05) is 43.9 Å². The van der Waals surface area contributed by atoms with Crippen molar-refractivity contribution in [2.24, 2.45) is 5.92 Å². The summed E-state index contributed by atoms with van der Waals surface area (Å²) in [7, 11) is 0. The maximum absolute atomic E-state index is 13.0. The summed E-state index contributed by atoms with van der Waals surface area (Å²) >= 11 is 0. The van der Waals surface area contributed by atoms with Crippen molar-refractivity contribution >= 4 is 23.4 Å². The van der Waals surface area contributed by atoms with Crippen molar-refractivity contribution in [3.05, 3.63) is 29.8 Å². The molecule has 0 radical (unpaired) electrons. The largest absolute Gasteiger partial charge is 0.356 e. The van der Waals surface area contributed by atoms with Crippen LogP contribution in [0.2, 0.25) is 0 Å². The second-order valence-electron chi connectivity index (χ2n) is 7.43. The van der Waals surface area contributed by atoms with Gasteiger partial charge in [-0.1, -0.05) is 19.4 Å². The van der Waals surface area contributed by atoms with Gasteiger partial charge in [-0.05, 0) is 43.9 Å². The van der Waals surface area contributed by atoms with E-state index in [-0.39, 0.29) is 23.6 Å². The number of nitrogens with one attached hydrogen (secondary N) is 1. The van der Waals surface area contributed by atoms with Crippen LogP contribution in [0.1, 0.15) is 55.8 Å². The lowest BCUT2D eigenvalue weighted by molar-refractivity contribution is -0.126. The Morgan fingerprint density at radius 2 is 2.07 bits per heavy atom. The molecule has 2 heterocycles. The molecule has 6 heteroatoms. The number of piperidine rings is 1. The van der Waals surface area contributed by atoms with Crippen LogP contribution in [0.3, 0.4) is 0 Å².